The lowest BCUT2D eigenvalue weighted by Gasteiger charge is -2.57. The van der Waals surface area contributed by atoms with Crippen molar-refractivity contribution in [2.45, 2.75) is 70.6 Å². The van der Waals surface area contributed by atoms with Crippen LogP contribution in [0.2, 0.25) is 0 Å². The van der Waals surface area contributed by atoms with Gasteiger partial charge in [0.25, 0.3) is 0 Å². The van der Waals surface area contributed by atoms with Gasteiger partial charge in [0.1, 0.15) is 0 Å². The van der Waals surface area contributed by atoms with E-state index >= 15 is 0 Å². The maximum Gasteiger partial charge on any atom is 0.233 e. The van der Waals surface area contributed by atoms with Gasteiger partial charge in [0.2, 0.25) is 17.7 Å². The number of hydrogen-bond donors (Lipinski definition) is 0. The topological polar surface area (TPSA) is 57.7 Å². The molecule has 1 heterocycles. The number of rotatable bonds is 5. The Morgan fingerprint density at radius 1 is 0.964 bits per heavy atom. The van der Waals surface area contributed by atoms with Crippen LogP contribution in [0.3, 0.4) is 0 Å². The van der Waals surface area contributed by atoms with Crippen LogP contribution >= 0.6 is 0 Å². The molecule has 0 aromatic heterocycles. The fourth-order valence-corrected chi connectivity index (χ4v) is 7.92. The van der Waals surface area contributed by atoms with Crippen LogP contribution in [0.15, 0.2) is 0 Å². The highest BCUT2D eigenvalue weighted by atomic mass is 16.2. The molecule has 0 aromatic rings. The molecule has 5 aliphatic carbocycles. The molecule has 5 saturated carbocycles. The van der Waals surface area contributed by atoms with Crippen molar-refractivity contribution < 1.29 is 14.4 Å². The molecule has 0 N–H and O–H groups in total. The minimum Gasteiger partial charge on any atom is -0.345 e. The lowest BCUT2D eigenvalue weighted by molar-refractivity contribution is -0.141. The number of fused-ring (bicyclic) bond motifs is 1. The van der Waals surface area contributed by atoms with Gasteiger partial charge in [-0.05, 0) is 74.5 Å². The normalized spacial score (nSPS) is 41.5. The quantitative estimate of drug-likeness (QED) is 0.682. The van der Waals surface area contributed by atoms with Crippen molar-refractivity contribution in [3.63, 3.8) is 0 Å². The zero-order valence-electron chi connectivity index (χ0n) is 17.2. The molecule has 0 aromatic carbocycles. The molecule has 28 heavy (non-hydrogen) atoms. The van der Waals surface area contributed by atoms with E-state index in [2.05, 4.69) is 0 Å². The van der Waals surface area contributed by atoms with E-state index in [1.807, 2.05) is 11.9 Å². The summed E-state index contributed by atoms with van der Waals surface area (Å²) in [7, 11) is 1.92. The summed E-state index contributed by atoms with van der Waals surface area (Å²) in [6.07, 6.45) is 12.2. The highest BCUT2D eigenvalue weighted by Crippen LogP contribution is 2.60. The molecule has 0 radical (unpaired) electrons. The van der Waals surface area contributed by atoms with Gasteiger partial charge in [-0.2, -0.15) is 0 Å². The lowest BCUT2D eigenvalue weighted by Crippen LogP contribution is -2.51. The first-order chi connectivity index (χ1) is 13.4. The molecule has 5 heteroatoms. The lowest BCUT2D eigenvalue weighted by atomic mass is 9.49. The average Bonchev–Trinajstić information content (AvgIpc) is 2.89. The third-order valence-electron chi connectivity index (χ3n) is 8.65. The van der Waals surface area contributed by atoms with E-state index < -0.39 is 0 Å². The minimum atomic E-state index is -0.110. The Labute approximate surface area is 168 Å². The molecular formula is C23H34N2O3. The molecule has 154 valence electrons. The monoisotopic (exact) mass is 386 g/mol. The molecule has 1 saturated heterocycles. The number of carbonyl (C=O) groups excluding carboxylic acids is 3. The van der Waals surface area contributed by atoms with E-state index in [1.54, 1.807) is 0 Å². The molecule has 6 fully saturated rings. The third-order valence-corrected chi connectivity index (χ3v) is 8.65. The zero-order valence-corrected chi connectivity index (χ0v) is 17.2. The number of hydrogen-bond acceptors (Lipinski definition) is 3. The first kappa shape index (κ1) is 18.6. The number of imide groups is 1. The number of nitrogens with zero attached hydrogens (tertiary/aromatic N) is 2. The van der Waals surface area contributed by atoms with Gasteiger partial charge in [-0.25, -0.2) is 0 Å². The highest BCUT2D eigenvalue weighted by molar-refractivity contribution is 6.05. The molecule has 1 aliphatic heterocycles. The highest BCUT2D eigenvalue weighted by Gasteiger charge is 2.51. The second-order valence-corrected chi connectivity index (χ2v) is 10.7. The fourth-order valence-electron chi connectivity index (χ4n) is 7.92. The molecule has 5 nitrogen and oxygen atoms in total. The van der Waals surface area contributed by atoms with Crippen molar-refractivity contribution in [2.75, 3.05) is 20.1 Å². The maximum absolute atomic E-state index is 12.8. The van der Waals surface area contributed by atoms with E-state index in [0.717, 1.165) is 50.0 Å². The first-order valence-electron chi connectivity index (χ1n) is 11.5. The SMILES string of the molecule is CN(CC12CC3CC(CC(C3)C1)C2)C(=O)CCN1C(=O)[C@@H]2CCCC[C@H]2C1=O. The predicted octanol–water partition coefficient (Wildman–Crippen LogP) is 3.23. The summed E-state index contributed by atoms with van der Waals surface area (Å²) >= 11 is 0. The summed E-state index contributed by atoms with van der Waals surface area (Å²) in [6, 6.07) is 0. The van der Waals surface area contributed by atoms with Crippen LogP contribution in [0.4, 0.5) is 0 Å². The van der Waals surface area contributed by atoms with E-state index in [4.69, 9.17) is 0 Å². The van der Waals surface area contributed by atoms with Crippen molar-refractivity contribution >= 4 is 17.7 Å². The molecule has 6 aliphatic rings. The number of carbonyl (C=O) groups is 3. The van der Waals surface area contributed by atoms with Gasteiger partial charge in [-0.15, -0.1) is 0 Å². The van der Waals surface area contributed by atoms with E-state index in [0.29, 0.717) is 5.41 Å². The van der Waals surface area contributed by atoms with Gasteiger partial charge < -0.3 is 4.90 Å². The van der Waals surface area contributed by atoms with E-state index in [9.17, 15) is 14.4 Å². The van der Waals surface area contributed by atoms with E-state index in [1.165, 1.54) is 43.4 Å². The van der Waals surface area contributed by atoms with Crippen molar-refractivity contribution in [1.29, 1.82) is 0 Å². The smallest absolute Gasteiger partial charge is 0.233 e. The van der Waals surface area contributed by atoms with Crippen LogP contribution in [0, 0.1) is 35.0 Å². The third kappa shape index (κ3) is 3.09. The van der Waals surface area contributed by atoms with Crippen molar-refractivity contribution in [3.8, 4) is 0 Å². The van der Waals surface area contributed by atoms with Crippen molar-refractivity contribution in [1.82, 2.24) is 9.80 Å². The van der Waals surface area contributed by atoms with Gasteiger partial charge in [-0.3, -0.25) is 19.3 Å². The molecule has 2 atom stereocenters. The van der Waals surface area contributed by atoms with Crippen LogP contribution < -0.4 is 0 Å². The predicted molar refractivity (Wildman–Crippen MR) is 105 cm³/mol. The van der Waals surface area contributed by atoms with E-state index in [-0.39, 0.29) is 42.5 Å². The van der Waals surface area contributed by atoms with Crippen molar-refractivity contribution in [3.05, 3.63) is 0 Å². The number of likely N-dealkylation sites (tertiary alicyclic amines) is 1. The second kappa shape index (κ2) is 6.84. The first-order valence-corrected chi connectivity index (χ1v) is 11.5. The summed E-state index contributed by atoms with van der Waals surface area (Å²) in [4.78, 5) is 41.4. The summed E-state index contributed by atoms with van der Waals surface area (Å²) in [5.74, 6) is 2.49. The molecule has 6 rings (SSSR count). The molecule has 3 amide bonds. The average molecular weight is 387 g/mol. The number of amides is 3. The van der Waals surface area contributed by atoms with Gasteiger partial charge in [0.05, 0.1) is 11.8 Å². The van der Waals surface area contributed by atoms with Crippen LogP contribution in [-0.4, -0.2) is 47.7 Å². The summed E-state index contributed by atoms with van der Waals surface area (Å²) < 4.78 is 0. The largest absolute Gasteiger partial charge is 0.345 e. The second-order valence-electron chi connectivity index (χ2n) is 10.7. The van der Waals surface area contributed by atoms with Gasteiger partial charge in [0, 0.05) is 26.6 Å². The minimum absolute atomic E-state index is 0.0220. The van der Waals surface area contributed by atoms with Crippen molar-refractivity contribution in [2.24, 2.45) is 35.0 Å². The Kier molecular flexibility index (Phi) is 4.55. The standard InChI is InChI=1S/C23H34N2O3/c1-24(14-23-11-15-8-16(12-23)10-17(9-15)13-23)20(26)6-7-25-21(27)18-4-2-3-5-19(18)22(25)28/h15-19H,2-14H2,1H3/t15?,16?,17?,18-,19-,23?/m1/s1. The zero-order chi connectivity index (χ0) is 19.5. The van der Waals surface area contributed by atoms with Crippen LogP contribution in [-0.2, 0) is 14.4 Å². The molecule has 0 spiro atoms. The van der Waals surface area contributed by atoms with Gasteiger partial charge in [0.15, 0.2) is 0 Å². The summed E-state index contributed by atoms with van der Waals surface area (Å²) in [6.45, 7) is 1.14. The Morgan fingerprint density at radius 3 is 1.96 bits per heavy atom. The molecular weight excluding hydrogens is 352 g/mol. The Bertz CT molecular complexity index is 628. The Morgan fingerprint density at radius 2 is 1.46 bits per heavy atom. The molecule has 0 unspecified atom stereocenters. The Balaban J connectivity index is 1.17. The van der Waals surface area contributed by atoms with Crippen LogP contribution in [0.25, 0.3) is 0 Å². The van der Waals surface area contributed by atoms with Gasteiger partial charge in [-0.1, -0.05) is 12.8 Å². The summed E-state index contributed by atoms with van der Waals surface area (Å²) in [5.41, 5.74) is 0.341. The summed E-state index contributed by atoms with van der Waals surface area (Å²) in [5, 5.41) is 0. The maximum atomic E-state index is 12.8. The van der Waals surface area contributed by atoms with Gasteiger partial charge >= 0.3 is 0 Å². The van der Waals surface area contributed by atoms with Crippen LogP contribution in [0.1, 0.15) is 70.6 Å². The fraction of sp³-hybridized carbons (Fsp3) is 0.870. The van der Waals surface area contributed by atoms with Crippen LogP contribution in [0.5, 0.6) is 0 Å². The molecule has 4 bridgehead atoms. The Hall–Kier alpha value is -1.39.